The summed E-state index contributed by atoms with van der Waals surface area (Å²) in [5.74, 6) is 0. The van der Waals surface area contributed by atoms with E-state index in [1.165, 1.54) is 70.6 Å². The maximum Gasteiger partial charge on any atom is 0.361 e. The summed E-state index contributed by atoms with van der Waals surface area (Å²) in [6.45, 7) is 5.47. The van der Waals surface area contributed by atoms with Gasteiger partial charge in [-0.2, -0.15) is 0 Å². The highest BCUT2D eigenvalue weighted by Gasteiger charge is 2.27. The molecule has 0 radical (unpaired) electrons. The van der Waals surface area contributed by atoms with Crippen molar-refractivity contribution in [3.8, 4) is 0 Å². The molecule has 0 aliphatic rings. The lowest BCUT2D eigenvalue weighted by Gasteiger charge is -2.19. The predicted octanol–water partition coefficient (Wildman–Crippen LogP) is 8.43. The highest BCUT2D eigenvalue weighted by atomic mass is 31.2. The van der Waals surface area contributed by atoms with Crippen LogP contribution in [-0.4, -0.2) is 13.2 Å². The number of hydrogen-bond acceptors (Lipinski definition) is 3. The molecule has 29 heavy (non-hydrogen) atoms. The minimum Gasteiger partial charge on any atom is -0.305 e. The van der Waals surface area contributed by atoms with Crippen LogP contribution in [0.5, 0.6) is 0 Å². The van der Waals surface area contributed by atoms with E-state index in [1.807, 2.05) is 30.3 Å². The highest BCUT2D eigenvalue weighted by molar-refractivity contribution is 7.62. The molecule has 0 bridgehead atoms. The minimum atomic E-state index is -3.20. The molecule has 1 aromatic carbocycles. The van der Waals surface area contributed by atoms with Gasteiger partial charge in [-0.25, -0.2) is 0 Å². The molecule has 1 unspecified atom stereocenters. The van der Waals surface area contributed by atoms with E-state index in [0.717, 1.165) is 25.7 Å². The fraction of sp³-hybridized carbons (Fsp3) is 0.760. The van der Waals surface area contributed by atoms with E-state index in [9.17, 15) is 4.57 Å². The third-order valence-corrected chi connectivity index (χ3v) is 7.32. The zero-order chi connectivity index (χ0) is 21.0. The van der Waals surface area contributed by atoms with Crippen LogP contribution in [0.3, 0.4) is 0 Å². The van der Waals surface area contributed by atoms with Crippen molar-refractivity contribution in [1.82, 2.24) is 0 Å². The van der Waals surface area contributed by atoms with E-state index < -0.39 is 7.60 Å². The zero-order valence-electron chi connectivity index (χ0n) is 19.1. The Labute approximate surface area is 180 Å². The molecule has 0 fully saturated rings. The summed E-state index contributed by atoms with van der Waals surface area (Å²) < 4.78 is 24.9. The SMILES string of the molecule is CCCCCCCCCCCCCOP(=O)(OCCCCCC)c1ccccc1. The van der Waals surface area contributed by atoms with Crippen molar-refractivity contribution in [1.29, 1.82) is 0 Å². The van der Waals surface area contributed by atoms with Gasteiger partial charge in [0.1, 0.15) is 0 Å². The normalized spacial score (nSPS) is 13.4. The van der Waals surface area contributed by atoms with E-state index in [-0.39, 0.29) is 0 Å². The molecule has 0 aliphatic heterocycles. The summed E-state index contributed by atoms with van der Waals surface area (Å²) in [6.07, 6.45) is 18.7. The lowest BCUT2D eigenvalue weighted by molar-refractivity contribution is 0.206. The molecule has 0 spiro atoms. The third kappa shape index (κ3) is 13.3. The van der Waals surface area contributed by atoms with E-state index >= 15 is 0 Å². The van der Waals surface area contributed by atoms with Crippen LogP contribution in [0.2, 0.25) is 0 Å². The molecule has 0 saturated carbocycles. The van der Waals surface area contributed by atoms with Gasteiger partial charge in [0.05, 0.1) is 18.5 Å². The van der Waals surface area contributed by atoms with Gasteiger partial charge in [-0.15, -0.1) is 0 Å². The van der Waals surface area contributed by atoms with Crippen molar-refractivity contribution >= 4 is 12.9 Å². The Hall–Kier alpha value is -0.630. The summed E-state index contributed by atoms with van der Waals surface area (Å²) in [7, 11) is -3.20. The Balaban J connectivity index is 2.20. The summed E-state index contributed by atoms with van der Waals surface area (Å²) in [5.41, 5.74) is 0. The standard InChI is InChI=1S/C25H45O3P/c1-3-5-7-9-10-11-12-13-14-15-20-24-28-29(26,25-21-17-16-18-22-25)27-23-19-8-6-4-2/h16-18,21-22H,3-15,19-20,23-24H2,1-2H3. The largest absolute Gasteiger partial charge is 0.361 e. The molecule has 0 saturated heterocycles. The number of benzene rings is 1. The molecule has 0 heterocycles. The second kappa shape index (κ2) is 18.2. The molecule has 0 aromatic heterocycles. The first-order valence-electron chi connectivity index (χ1n) is 12.2. The average Bonchev–Trinajstić information content (AvgIpc) is 2.75. The Bertz CT molecular complexity index is 518. The Morgan fingerprint density at radius 2 is 0.966 bits per heavy atom. The van der Waals surface area contributed by atoms with Crippen LogP contribution in [0.4, 0.5) is 0 Å². The van der Waals surface area contributed by atoms with Gasteiger partial charge in [0.15, 0.2) is 0 Å². The quantitative estimate of drug-likeness (QED) is 0.156. The maximum absolute atomic E-state index is 13.3. The van der Waals surface area contributed by atoms with Crippen LogP contribution in [0.1, 0.15) is 110 Å². The molecule has 3 nitrogen and oxygen atoms in total. The Morgan fingerprint density at radius 3 is 1.41 bits per heavy atom. The van der Waals surface area contributed by atoms with Gasteiger partial charge in [-0.1, -0.05) is 116 Å². The molecule has 1 rings (SSSR count). The number of hydrogen-bond donors (Lipinski definition) is 0. The van der Waals surface area contributed by atoms with Crippen molar-refractivity contribution < 1.29 is 13.6 Å². The smallest absolute Gasteiger partial charge is 0.305 e. The molecular formula is C25H45O3P. The topological polar surface area (TPSA) is 35.5 Å². The molecule has 0 aliphatic carbocycles. The van der Waals surface area contributed by atoms with Gasteiger partial charge in [-0.3, -0.25) is 4.57 Å². The van der Waals surface area contributed by atoms with E-state index in [1.54, 1.807) is 0 Å². The first-order valence-corrected chi connectivity index (χ1v) is 13.7. The summed E-state index contributed by atoms with van der Waals surface area (Å²) in [5, 5.41) is 0.679. The van der Waals surface area contributed by atoms with Crippen LogP contribution >= 0.6 is 7.60 Å². The van der Waals surface area contributed by atoms with Crippen LogP contribution in [0, 0.1) is 0 Å². The zero-order valence-corrected chi connectivity index (χ0v) is 20.0. The lowest BCUT2D eigenvalue weighted by atomic mass is 10.1. The first-order chi connectivity index (χ1) is 14.2. The lowest BCUT2D eigenvalue weighted by Crippen LogP contribution is -2.11. The molecule has 168 valence electrons. The van der Waals surface area contributed by atoms with Crippen LogP contribution in [0.15, 0.2) is 30.3 Å². The molecule has 0 amide bonds. The summed E-state index contributed by atoms with van der Waals surface area (Å²) in [4.78, 5) is 0. The summed E-state index contributed by atoms with van der Waals surface area (Å²) >= 11 is 0. The van der Waals surface area contributed by atoms with Crippen LogP contribution in [0.25, 0.3) is 0 Å². The Morgan fingerprint density at radius 1 is 0.586 bits per heavy atom. The van der Waals surface area contributed by atoms with Crippen molar-refractivity contribution in [2.24, 2.45) is 0 Å². The monoisotopic (exact) mass is 424 g/mol. The molecule has 1 atom stereocenters. The molecule has 0 N–H and O–H groups in total. The third-order valence-electron chi connectivity index (χ3n) is 5.34. The average molecular weight is 425 g/mol. The van der Waals surface area contributed by atoms with Crippen LogP contribution < -0.4 is 5.30 Å². The van der Waals surface area contributed by atoms with E-state index in [0.29, 0.717) is 18.5 Å². The first kappa shape index (κ1) is 26.4. The summed E-state index contributed by atoms with van der Waals surface area (Å²) in [6, 6.07) is 9.43. The second-order valence-electron chi connectivity index (χ2n) is 8.10. The van der Waals surface area contributed by atoms with Gasteiger partial charge in [-0.05, 0) is 25.0 Å². The van der Waals surface area contributed by atoms with Gasteiger partial charge in [0.2, 0.25) is 0 Å². The van der Waals surface area contributed by atoms with E-state index in [4.69, 9.17) is 9.05 Å². The molecular weight excluding hydrogens is 379 g/mol. The predicted molar refractivity (Wildman–Crippen MR) is 126 cm³/mol. The fourth-order valence-electron chi connectivity index (χ4n) is 3.46. The van der Waals surface area contributed by atoms with Crippen LogP contribution in [-0.2, 0) is 13.6 Å². The van der Waals surface area contributed by atoms with Gasteiger partial charge < -0.3 is 9.05 Å². The van der Waals surface area contributed by atoms with Crippen molar-refractivity contribution in [3.63, 3.8) is 0 Å². The second-order valence-corrected chi connectivity index (χ2v) is 10.1. The number of rotatable bonds is 20. The van der Waals surface area contributed by atoms with E-state index in [2.05, 4.69) is 13.8 Å². The molecule has 4 heteroatoms. The Kier molecular flexibility index (Phi) is 16.5. The maximum atomic E-state index is 13.3. The van der Waals surface area contributed by atoms with Crippen molar-refractivity contribution in [2.45, 2.75) is 110 Å². The van der Waals surface area contributed by atoms with Crippen molar-refractivity contribution in [2.75, 3.05) is 13.2 Å². The van der Waals surface area contributed by atoms with Gasteiger partial charge in [0, 0.05) is 0 Å². The van der Waals surface area contributed by atoms with Crippen molar-refractivity contribution in [3.05, 3.63) is 30.3 Å². The van der Waals surface area contributed by atoms with Gasteiger partial charge in [0.25, 0.3) is 0 Å². The molecule has 1 aromatic rings. The number of unbranched alkanes of at least 4 members (excludes halogenated alkanes) is 13. The minimum absolute atomic E-state index is 0.504. The highest BCUT2D eigenvalue weighted by Crippen LogP contribution is 2.47. The van der Waals surface area contributed by atoms with Gasteiger partial charge >= 0.3 is 7.60 Å². The fourth-order valence-corrected chi connectivity index (χ4v) is 5.11.